The average molecular weight is 330 g/mol. The number of allylic oxidation sites excluding steroid dienone is 1. The topological polar surface area (TPSA) is 57.6 Å². The molecule has 4 nitrogen and oxygen atoms in total. The van der Waals surface area contributed by atoms with Gasteiger partial charge in [0.25, 0.3) is 0 Å². The number of carboxylic acids is 1. The molecule has 0 saturated carbocycles. The normalized spacial score (nSPS) is 18.3. The van der Waals surface area contributed by atoms with Crippen molar-refractivity contribution >= 4 is 41.5 Å². The molecule has 1 atom stereocenters. The first kappa shape index (κ1) is 17.5. The molecule has 21 heavy (non-hydrogen) atoms. The van der Waals surface area contributed by atoms with Gasteiger partial charge in [0, 0.05) is 24.2 Å². The lowest BCUT2D eigenvalue weighted by molar-refractivity contribution is -0.141. The van der Waals surface area contributed by atoms with Crippen LogP contribution < -0.4 is 0 Å². The summed E-state index contributed by atoms with van der Waals surface area (Å²) in [5.74, 6) is -1.43. The second kappa shape index (κ2) is 7.48. The summed E-state index contributed by atoms with van der Waals surface area (Å²) in [4.78, 5) is 24.6. The zero-order chi connectivity index (χ0) is 14.7. The molecule has 1 N–H and O–H groups in total. The number of rotatable bonds is 3. The third-order valence-corrected chi connectivity index (χ3v) is 3.70. The van der Waals surface area contributed by atoms with E-state index in [0.29, 0.717) is 18.0 Å². The van der Waals surface area contributed by atoms with Crippen LogP contribution in [0.1, 0.15) is 18.9 Å². The van der Waals surface area contributed by atoms with Gasteiger partial charge in [0.2, 0.25) is 5.91 Å². The number of carbonyl (C=O) groups is 2. The van der Waals surface area contributed by atoms with Crippen molar-refractivity contribution in [1.29, 1.82) is 0 Å². The number of hydrogen-bond donors (Lipinski definition) is 1. The number of nitrogens with zero attached hydrogens (tertiary/aromatic N) is 1. The Kier molecular flexibility index (Phi) is 6.24. The van der Waals surface area contributed by atoms with Crippen LogP contribution >= 0.6 is 24.0 Å². The van der Waals surface area contributed by atoms with Crippen LogP contribution in [0.5, 0.6) is 0 Å². The molecular formula is C15H17Cl2NO3. The quantitative estimate of drug-likeness (QED) is 0.867. The second-order valence-electron chi connectivity index (χ2n) is 4.95. The minimum Gasteiger partial charge on any atom is -0.481 e. The van der Waals surface area contributed by atoms with E-state index in [-0.39, 0.29) is 24.9 Å². The van der Waals surface area contributed by atoms with E-state index >= 15 is 0 Å². The van der Waals surface area contributed by atoms with Crippen molar-refractivity contribution in [2.45, 2.75) is 13.3 Å². The van der Waals surface area contributed by atoms with Gasteiger partial charge in [0.05, 0.1) is 5.92 Å². The van der Waals surface area contributed by atoms with Crippen molar-refractivity contribution in [3.63, 3.8) is 0 Å². The van der Waals surface area contributed by atoms with Gasteiger partial charge >= 0.3 is 5.97 Å². The zero-order valence-electron chi connectivity index (χ0n) is 11.6. The molecular weight excluding hydrogens is 313 g/mol. The van der Waals surface area contributed by atoms with E-state index in [4.69, 9.17) is 16.7 Å². The number of amides is 1. The molecule has 1 unspecified atom stereocenters. The smallest absolute Gasteiger partial charge is 0.308 e. The first-order valence-corrected chi connectivity index (χ1v) is 6.81. The Morgan fingerprint density at radius 2 is 2.14 bits per heavy atom. The molecule has 114 valence electrons. The van der Waals surface area contributed by atoms with Crippen molar-refractivity contribution in [3.8, 4) is 0 Å². The largest absolute Gasteiger partial charge is 0.481 e. The Morgan fingerprint density at radius 3 is 2.71 bits per heavy atom. The Bertz CT molecular complexity index is 572. The number of halogens is 2. The molecule has 0 bridgehead atoms. The Balaban J connectivity index is 0.00000220. The fourth-order valence-electron chi connectivity index (χ4n) is 2.26. The van der Waals surface area contributed by atoms with E-state index in [1.54, 1.807) is 17.0 Å². The Hall–Kier alpha value is -1.52. The molecule has 6 heteroatoms. The van der Waals surface area contributed by atoms with E-state index in [1.165, 1.54) is 6.08 Å². The van der Waals surface area contributed by atoms with Crippen molar-refractivity contribution in [2.24, 2.45) is 5.92 Å². The second-order valence-corrected chi connectivity index (χ2v) is 5.38. The predicted octanol–water partition coefficient (Wildman–Crippen LogP) is 3.10. The van der Waals surface area contributed by atoms with E-state index in [1.807, 2.05) is 19.1 Å². The van der Waals surface area contributed by atoms with Crippen molar-refractivity contribution in [3.05, 3.63) is 40.9 Å². The van der Waals surface area contributed by atoms with Crippen LogP contribution in [0.25, 0.3) is 5.57 Å². The first-order chi connectivity index (χ1) is 9.47. The van der Waals surface area contributed by atoms with Gasteiger partial charge in [-0.25, -0.2) is 0 Å². The molecule has 1 aliphatic rings. The molecule has 1 heterocycles. The molecule has 0 radical (unpaired) electrons. The van der Waals surface area contributed by atoms with Crippen molar-refractivity contribution in [1.82, 2.24) is 4.90 Å². The summed E-state index contributed by atoms with van der Waals surface area (Å²) in [7, 11) is 0. The van der Waals surface area contributed by atoms with Crippen LogP contribution in [-0.4, -0.2) is 35.0 Å². The number of hydrogen-bond acceptors (Lipinski definition) is 2. The average Bonchev–Trinajstić information content (AvgIpc) is 2.88. The number of carbonyl (C=O) groups excluding carboxylic acids is 1. The van der Waals surface area contributed by atoms with Crippen molar-refractivity contribution < 1.29 is 14.7 Å². The highest BCUT2D eigenvalue weighted by Gasteiger charge is 2.29. The summed E-state index contributed by atoms with van der Waals surface area (Å²) in [6.07, 6.45) is 2.06. The maximum atomic E-state index is 12.1. The van der Waals surface area contributed by atoms with Gasteiger partial charge in [-0.15, -0.1) is 12.4 Å². The SMILES string of the molecule is C/C(=C/C(=O)N1CCC(C(=O)O)C1)c1cccc(Cl)c1.Cl. The van der Waals surface area contributed by atoms with Crippen LogP contribution in [0.2, 0.25) is 5.02 Å². The van der Waals surface area contributed by atoms with Crippen LogP contribution in [0.3, 0.4) is 0 Å². The van der Waals surface area contributed by atoms with E-state index in [0.717, 1.165) is 11.1 Å². The van der Waals surface area contributed by atoms with Gasteiger partial charge in [-0.3, -0.25) is 9.59 Å². The van der Waals surface area contributed by atoms with Crippen LogP contribution in [0.4, 0.5) is 0 Å². The molecule has 1 aromatic carbocycles. The third kappa shape index (κ3) is 4.48. The highest BCUT2D eigenvalue weighted by Crippen LogP contribution is 2.21. The minimum absolute atomic E-state index is 0. The Morgan fingerprint density at radius 1 is 1.43 bits per heavy atom. The summed E-state index contributed by atoms with van der Waals surface area (Å²) >= 11 is 5.92. The molecule has 1 aliphatic heterocycles. The fourth-order valence-corrected chi connectivity index (χ4v) is 2.45. The lowest BCUT2D eigenvalue weighted by Gasteiger charge is -2.14. The molecule has 0 aromatic heterocycles. The maximum absolute atomic E-state index is 12.1. The number of benzene rings is 1. The van der Waals surface area contributed by atoms with Gasteiger partial charge in [-0.05, 0) is 36.6 Å². The molecule has 2 rings (SSSR count). The van der Waals surface area contributed by atoms with E-state index in [2.05, 4.69) is 0 Å². The Labute approximate surface area is 134 Å². The summed E-state index contributed by atoms with van der Waals surface area (Å²) in [6, 6.07) is 7.29. The summed E-state index contributed by atoms with van der Waals surface area (Å²) < 4.78 is 0. The predicted molar refractivity (Wildman–Crippen MR) is 84.7 cm³/mol. The first-order valence-electron chi connectivity index (χ1n) is 6.43. The highest BCUT2D eigenvalue weighted by molar-refractivity contribution is 6.30. The van der Waals surface area contributed by atoms with Gasteiger partial charge in [-0.2, -0.15) is 0 Å². The minimum atomic E-state index is -0.837. The lowest BCUT2D eigenvalue weighted by Crippen LogP contribution is -2.28. The summed E-state index contributed by atoms with van der Waals surface area (Å²) in [6.45, 7) is 2.62. The third-order valence-electron chi connectivity index (χ3n) is 3.47. The standard InChI is InChI=1S/C15H16ClNO3.ClH/c1-10(11-3-2-4-13(16)8-11)7-14(18)17-6-5-12(9-17)15(19)20;/h2-4,7-8,12H,5-6,9H2,1H3,(H,19,20);1H/b10-7-;. The van der Waals surface area contributed by atoms with Gasteiger partial charge in [0.1, 0.15) is 0 Å². The maximum Gasteiger partial charge on any atom is 0.308 e. The number of aliphatic carboxylic acids is 1. The zero-order valence-corrected chi connectivity index (χ0v) is 13.2. The van der Waals surface area contributed by atoms with Crippen LogP contribution in [0.15, 0.2) is 30.3 Å². The van der Waals surface area contributed by atoms with E-state index < -0.39 is 11.9 Å². The summed E-state index contributed by atoms with van der Waals surface area (Å²) in [5.41, 5.74) is 1.70. The molecule has 1 saturated heterocycles. The van der Waals surface area contributed by atoms with Crippen molar-refractivity contribution in [2.75, 3.05) is 13.1 Å². The monoisotopic (exact) mass is 329 g/mol. The van der Waals surface area contributed by atoms with E-state index in [9.17, 15) is 9.59 Å². The molecule has 1 amide bonds. The van der Waals surface area contributed by atoms with Crippen LogP contribution in [-0.2, 0) is 9.59 Å². The van der Waals surface area contributed by atoms with Gasteiger partial charge in [0.15, 0.2) is 0 Å². The van der Waals surface area contributed by atoms with Gasteiger partial charge < -0.3 is 10.0 Å². The lowest BCUT2D eigenvalue weighted by atomic mass is 10.1. The molecule has 1 fully saturated rings. The highest BCUT2D eigenvalue weighted by atomic mass is 35.5. The summed E-state index contributed by atoms with van der Waals surface area (Å²) in [5, 5.41) is 9.56. The fraction of sp³-hybridized carbons (Fsp3) is 0.333. The van der Waals surface area contributed by atoms with Gasteiger partial charge in [-0.1, -0.05) is 23.7 Å². The molecule has 0 aliphatic carbocycles. The molecule has 1 aromatic rings. The molecule has 0 spiro atoms. The number of carboxylic acid groups (broad SMARTS) is 1. The number of likely N-dealkylation sites (tertiary alicyclic amines) is 1. The van der Waals surface area contributed by atoms with Crippen LogP contribution in [0, 0.1) is 5.92 Å².